The highest BCUT2D eigenvalue weighted by Crippen LogP contribution is 2.25. The summed E-state index contributed by atoms with van der Waals surface area (Å²) in [6.07, 6.45) is 0.971. The van der Waals surface area contributed by atoms with Gasteiger partial charge in [-0.2, -0.15) is 0 Å². The van der Waals surface area contributed by atoms with Crippen LogP contribution in [0, 0.1) is 5.82 Å². The second kappa shape index (κ2) is 6.56. The molecule has 1 N–H and O–H groups in total. The molecule has 2 aromatic carbocycles. The van der Waals surface area contributed by atoms with Gasteiger partial charge in [-0.1, -0.05) is 23.7 Å². The minimum Gasteiger partial charge on any atom is -0.224 e. The standard InChI is InChI=1S/C14H13ClFNO4S2/c1-22(18,19)12-6-7-13(15)14(8-12)23(20,21)17-9-10-2-4-11(16)5-3-10/h2-8,17H,9H2,1H3. The second-order valence-electron chi connectivity index (χ2n) is 4.82. The molecule has 0 unspecified atom stereocenters. The van der Waals surface area contributed by atoms with Crippen molar-refractivity contribution in [3.05, 3.63) is 58.9 Å². The molecule has 0 bridgehead atoms. The van der Waals surface area contributed by atoms with Gasteiger partial charge in [0.15, 0.2) is 9.84 Å². The predicted molar refractivity (Wildman–Crippen MR) is 85.0 cm³/mol. The first kappa shape index (κ1) is 17.9. The first-order chi connectivity index (χ1) is 10.6. The Labute approximate surface area is 139 Å². The highest BCUT2D eigenvalue weighted by Gasteiger charge is 2.20. The summed E-state index contributed by atoms with van der Waals surface area (Å²) in [6, 6.07) is 8.74. The van der Waals surface area contributed by atoms with Crippen LogP contribution >= 0.6 is 11.6 Å². The van der Waals surface area contributed by atoms with Crippen LogP contribution in [0.4, 0.5) is 4.39 Å². The van der Waals surface area contributed by atoms with Crippen molar-refractivity contribution in [2.75, 3.05) is 6.26 Å². The number of nitrogens with one attached hydrogen (secondary N) is 1. The first-order valence-corrected chi connectivity index (χ1v) is 10.1. The van der Waals surface area contributed by atoms with Crippen LogP contribution in [0.15, 0.2) is 52.3 Å². The van der Waals surface area contributed by atoms with Gasteiger partial charge in [0.1, 0.15) is 10.7 Å². The number of halogens is 2. The van der Waals surface area contributed by atoms with Crippen LogP contribution < -0.4 is 4.72 Å². The van der Waals surface area contributed by atoms with Crippen molar-refractivity contribution in [3.8, 4) is 0 Å². The average Bonchev–Trinajstić information content (AvgIpc) is 2.46. The van der Waals surface area contributed by atoms with E-state index in [0.717, 1.165) is 12.3 Å². The maximum absolute atomic E-state index is 12.8. The molecule has 0 aliphatic carbocycles. The molecule has 2 rings (SSSR count). The Balaban J connectivity index is 2.30. The SMILES string of the molecule is CS(=O)(=O)c1ccc(Cl)c(S(=O)(=O)NCc2ccc(F)cc2)c1. The van der Waals surface area contributed by atoms with Crippen molar-refractivity contribution >= 4 is 31.5 Å². The van der Waals surface area contributed by atoms with Crippen LogP contribution in [0.1, 0.15) is 5.56 Å². The summed E-state index contributed by atoms with van der Waals surface area (Å²) in [4.78, 5) is -0.478. The third-order valence-corrected chi connectivity index (χ3v) is 5.99. The maximum atomic E-state index is 12.8. The quantitative estimate of drug-likeness (QED) is 0.867. The van der Waals surface area contributed by atoms with E-state index in [1.807, 2.05) is 0 Å². The molecule has 0 aliphatic heterocycles. The van der Waals surface area contributed by atoms with E-state index in [4.69, 9.17) is 11.6 Å². The number of sulfonamides is 1. The molecular weight excluding hydrogens is 365 g/mol. The van der Waals surface area contributed by atoms with Gasteiger partial charge in [0, 0.05) is 12.8 Å². The van der Waals surface area contributed by atoms with E-state index in [0.29, 0.717) is 5.56 Å². The fourth-order valence-electron chi connectivity index (χ4n) is 1.78. The molecule has 124 valence electrons. The lowest BCUT2D eigenvalue weighted by atomic mass is 10.2. The van der Waals surface area contributed by atoms with E-state index in [-0.39, 0.29) is 21.4 Å². The fraction of sp³-hybridized carbons (Fsp3) is 0.143. The van der Waals surface area contributed by atoms with Crippen molar-refractivity contribution in [2.24, 2.45) is 0 Å². The monoisotopic (exact) mass is 377 g/mol. The summed E-state index contributed by atoms with van der Waals surface area (Å²) in [6.45, 7) is -0.0813. The lowest BCUT2D eigenvalue weighted by Crippen LogP contribution is -2.23. The maximum Gasteiger partial charge on any atom is 0.242 e. The van der Waals surface area contributed by atoms with Gasteiger partial charge in [0.05, 0.1) is 9.92 Å². The number of benzene rings is 2. The molecule has 23 heavy (non-hydrogen) atoms. The summed E-state index contributed by atoms with van der Waals surface area (Å²) in [5, 5.41) is -0.0935. The molecule has 0 amide bonds. The highest BCUT2D eigenvalue weighted by molar-refractivity contribution is 7.91. The Kier molecular flexibility index (Phi) is 5.10. The van der Waals surface area contributed by atoms with E-state index in [1.54, 1.807) is 0 Å². The number of rotatable bonds is 5. The number of hydrogen-bond donors (Lipinski definition) is 1. The van der Waals surface area contributed by atoms with Gasteiger partial charge in [0.2, 0.25) is 10.0 Å². The van der Waals surface area contributed by atoms with E-state index in [9.17, 15) is 21.2 Å². The molecule has 9 heteroatoms. The normalized spacial score (nSPS) is 12.3. The van der Waals surface area contributed by atoms with Crippen LogP contribution in [0.3, 0.4) is 0 Å². The number of sulfone groups is 1. The lowest BCUT2D eigenvalue weighted by molar-refractivity contribution is 0.581. The molecule has 2 aromatic rings. The second-order valence-corrected chi connectivity index (χ2v) is 8.97. The van der Waals surface area contributed by atoms with E-state index in [2.05, 4.69) is 4.72 Å². The Hall–Kier alpha value is -1.48. The molecule has 0 aromatic heterocycles. The first-order valence-electron chi connectivity index (χ1n) is 6.33. The van der Waals surface area contributed by atoms with Gasteiger partial charge < -0.3 is 0 Å². The van der Waals surface area contributed by atoms with Gasteiger partial charge in [-0.3, -0.25) is 0 Å². The summed E-state index contributed by atoms with van der Waals surface area (Å²) in [7, 11) is -7.59. The third-order valence-electron chi connectivity index (χ3n) is 3.00. The highest BCUT2D eigenvalue weighted by atomic mass is 35.5. The topological polar surface area (TPSA) is 80.3 Å². The zero-order valence-corrected chi connectivity index (χ0v) is 14.3. The number of hydrogen-bond acceptors (Lipinski definition) is 4. The van der Waals surface area contributed by atoms with Crippen molar-refractivity contribution in [3.63, 3.8) is 0 Å². The van der Waals surface area contributed by atoms with Gasteiger partial charge >= 0.3 is 0 Å². The molecule has 0 spiro atoms. The van der Waals surface area contributed by atoms with Crippen molar-refractivity contribution in [1.82, 2.24) is 4.72 Å². The Morgan fingerprint density at radius 3 is 2.22 bits per heavy atom. The van der Waals surface area contributed by atoms with Crippen LogP contribution in [-0.4, -0.2) is 23.1 Å². The molecule has 0 fully saturated rings. The van der Waals surface area contributed by atoms with E-state index < -0.39 is 25.7 Å². The summed E-state index contributed by atoms with van der Waals surface area (Å²) >= 11 is 5.87. The minimum absolute atomic E-state index is 0.0813. The molecule has 0 saturated heterocycles. The van der Waals surface area contributed by atoms with Gasteiger partial charge in [0.25, 0.3) is 0 Å². The molecule has 5 nitrogen and oxygen atoms in total. The molecule has 0 aliphatic rings. The minimum atomic E-state index is -4.02. The van der Waals surface area contributed by atoms with Crippen LogP contribution in [0.5, 0.6) is 0 Å². The van der Waals surface area contributed by atoms with Gasteiger partial charge in [-0.05, 0) is 35.9 Å². The lowest BCUT2D eigenvalue weighted by Gasteiger charge is -2.10. The molecule has 0 radical (unpaired) electrons. The van der Waals surface area contributed by atoms with Gasteiger partial charge in [-0.15, -0.1) is 0 Å². The molecule has 0 atom stereocenters. The zero-order valence-electron chi connectivity index (χ0n) is 12.0. The van der Waals surface area contributed by atoms with Crippen molar-refractivity contribution < 1.29 is 21.2 Å². The predicted octanol–water partition coefficient (Wildman–Crippen LogP) is 2.36. The Bertz CT molecular complexity index is 926. The van der Waals surface area contributed by atoms with Crippen LogP contribution in [-0.2, 0) is 26.4 Å². The molecule has 0 heterocycles. The van der Waals surface area contributed by atoms with E-state index in [1.165, 1.54) is 36.4 Å². The van der Waals surface area contributed by atoms with Crippen LogP contribution in [0.25, 0.3) is 0 Å². The summed E-state index contributed by atoms with van der Waals surface area (Å²) in [5.41, 5.74) is 0.547. The van der Waals surface area contributed by atoms with Crippen molar-refractivity contribution in [2.45, 2.75) is 16.3 Å². The Morgan fingerprint density at radius 2 is 1.65 bits per heavy atom. The zero-order chi connectivity index (χ0) is 17.3. The summed E-state index contributed by atoms with van der Waals surface area (Å²) < 4.78 is 62.8. The summed E-state index contributed by atoms with van der Waals surface area (Å²) in [5.74, 6) is -0.430. The average molecular weight is 378 g/mol. The molecular formula is C14H13ClFNO4S2. The fourth-order valence-corrected chi connectivity index (χ4v) is 4.04. The smallest absolute Gasteiger partial charge is 0.224 e. The van der Waals surface area contributed by atoms with Gasteiger partial charge in [-0.25, -0.2) is 25.9 Å². The Morgan fingerprint density at radius 1 is 1.04 bits per heavy atom. The molecule has 0 saturated carbocycles. The largest absolute Gasteiger partial charge is 0.242 e. The van der Waals surface area contributed by atoms with Crippen molar-refractivity contribution in [1.29, 1.82) is 0 Å². The van der Waals surface area contributed by atoms with Crippen LogP contribution in [0.2, 0.25) is 5.02 Å². The van der Waals surface area contributed by atoms with E-state index >= 15 is 0 Å². The third kappa shape index (κ3) is 4.51.